The third-order valence-corrected chi connectivity index (χ3v) is 5.36. The van der Waals surface area contributed by atoms with Gasteiger partial charge < -0.3 is 14.2 Å². The van der Waals surface area contributed by atoms with Crippen LogP contribution in [-0.4, -0.2) is 44.6 Å². The van der Waals surface area contributed by atoms with Crippen molar-refractivity contribution < 1.29 is 28.2 Å². The number of nitrogens with zero attached hydrogens (tertiary/aromatic N) is 1. The first kappa shape index (κ1) is 23.3. The molecule has 0 aromatic heterocycles. The lowest BCUT2D eigenvalue weighted by atomic mass is 10.00. The van der Waals surface area contributed by atoms with Crippen molar-refractivity contribution in [2.24, 2.45) is 0 Å². The van der Waals surface area contributed by atoms with Gasteiger partial charge in [0.05, 0.1) is 26.4 Å². The van der Waals surface area contributed by atoms with Gasteiger partial charge in [-0.2, -0.15) is 0 Å². The van der Waals surface area contributed by atoms with Gasteiger partial charge in [0, 0.05) is 23.8 Å². The topological polar surface area (TPSA) is 65.1 Å². The maximum absolute atomic E-state index is 13.9. The molecular formula is C24H23ClFNO5. The van der Waals surface area contributed by atoms with E-state index in [0.717, 1.165) is 11.0 Å². The highest BCUT2D eigenvalue weighted by Crippen LogP contribution is 2.39. The number of carbonyl (C=O) groups is 2. The number of methoxy groups -OCH3 is 3. The number of piperidine rings is 1. The largest absolute Gasteiger partial charge is 0.493 e. The SMILES string of the molecule is COc1cc(/C=C2\CCCN(C(=O)/C=C/c3c(F)cccc3Cl)C2=O)cc(OC)c1OC. The maximum Gasteiger partial charge on any atom is 0.256 e. The molecule has 0 spiro atoms. The molecule has 2 amide bonds. The molecule has 2 aromatic rings. The summed E-state index contributed by atoms with van der Waals surface area (Å²) in [6, 6.07) is 7.70. The normalized spacial score (nSPS) is 15.3. The fourth-order valence-corrected chi connectivity index (χ4v) is 3.68. The molecule has 3 rings (SSSR count). The summed E-state index contributed by atoms with van der Waals surface area (Å²) >= 11 is 5.99. The van der Waals surface area contributed by atoms with Crippen LogP contribution in [0.3, 0.4) is 0 Å². The van der Waals surface area contributed by atoms with Crippen LogP contribution in [0.1, 0.15) is 24.0 Å². The zero-order valence-electron chi connectivity index (χ0n) is 18.0. The molecule has 1 saturated heterocycles. The van der Waals surface area contributed by atoms with Crippen molar-refractivity contribution >= 4 is 35.6 Å². The van der Waals surface area contributed by atoms with E-state index < -0.39 is 17.6 Å². The van der Waals surface area contributed by atoms with E-state index in [1.807, 2.05) is 0 Å². The van der Waals surface area contributed by atoms with Crippen molar-refractivity contribution in [3.8, 4) is 17.2 Å². The van der Waals surface area contributed by atoms with Crippen LogP contribution in [0.4, 0.5) is 4.39 Å². The van der Waals surface area contributed by atoms with Gasteiger partial charge in [-0.15, -0.1) is 0 Å². The first-order valence-corrected chi connectivity index (χ1v) is 10.3. The highest BCUT2D eigenvalue weighted by molar-refractivity contribution is 6.32. The number of imide groups is 1. The molecule has 0 unspecified atom stereocenters. The summed E-state index contributed by atoms with van der Waals surface area (Å²) in [7, 11) is 4.53. The Morgan fingerprint density at radius 1 is 1.12 bits per heavy atom. The Bertz CT molecular complexity index is 1050. The Kier molecular flexibility index (Phi) is 7.53. The molecule has 1 aliphatic heterocycles. The summed E-state index contributed by atoms with van der Waals surface area (Å²) < 4.78 is 30.0. The van der Waals surface area contributed by atoms with Crippen molar-refractivity contribution in [3.05, 3.63) is 63.9 Å². The zero-order chi connectivity index (χ0) is 23.3. The predicted molar refractivity (Wildman–Crippen MR) is 120 cm³/mol. The van der Waals surface area contributed by atoms with Crippen LogP contribution < -0.4 is 14.2 Å². The van der Waals surface area contributed by atoms with E-state index >= 15 is 0 Å². The average Bonchev–Trinajstić information content (AvgIpc) is 2.79. The molecule has 0 radical (unpaired) electrons. The monoisotopic (exact) mass is 459 g/mol. The summed E-state index contributed by atoms with van der Waals surface area (Å²) in [6.07, 6.45) is 5.27. The smallest absolute Gasteiger partial charge is 0.256 e. The quantitative estimate of drug-likeness (QED) is 0.583. The van der Waals surface area contributed by atoms with E-state index in [2.05, 4.69) is 0 Å². The van der Waals surface area contributed by atoms with Gasteiger partial charge in [-0.1, -0.05) is 17.7 Å². The lowest BCUT2D eigenvalue weighted by Crippen LogP contribution is -2.40. The highest BCUT2D eigenvalue weighted by Gasteiger charge is 2.27. The Balaban J connectivity index is 1.85. The minimum Gasteiger partial charge on any atom is -0.493 e. The van der Waals surface area contributed by atoms with Crippen LogP contribution in [0, 0.1) is 5.82 Å². The third kappa shape index (κ3) is 4.94. The van der Waals surface area contributed by atoms with Gasteiger partial charge in [0.2, 0.25) is 5.75 Å². The van der Waals surface area contributed by atoms with Crippen molar-refractivity contribution in [1.82, 2.24) is 4.90 Å². The van der Waals surface area contributed by atoms with E-state index in [1.54, 1.807) is 18.2 Å². The van der Waals surface area contributed by atoms with Crippen LogP contribution >= 0.6 is 11.6 Å². The maximum atomic E-state index is 13.9. The number of amides is 2. The van der Waals surface area contributed by atoms with Gasteiger partial charge in [-0.05, 0) is 54.8 Å². The van der Waals surface area contributed by atoms with E-state index in [9.17, 15) is 14.0 Å². The lowest BCUT2D eigenvalue weighted by Gasteiger charge is -2.26. The fraction of sp³-hybridized carbons (Fsp3) is 0.250. The molecule has 1 aliphatic rings. The number of halogens is 2. The van der Waals surface area contributed by atoms with Crippen LogP contribution in [-0.2, 0) is 9.59 Å². The van der Waals surface area contributed by atoms with Gasteiger partial charge in [0.1, 0.15) is 5.82 Å². The molecule has 168 valence electrons. The van der Waals surface area contributed by atoms with Gasteiger partial charge in [0.25, 0.3) is 11.8 Å². The molecule has 32 heavy (non-hydrogen) atoms. The summed E-state index contributed by atoms with van der Waals surface area (Å²) in [5.74, 6) is -0.126. The molecule has 1 heterocycles. The summed E-state index contributed by atoms with van der Waals surface area (Å²) in [4.78, 5) is 26.8. The van der Waals surface area contributed by atoms with Gasteiger partial charge in [0.15, 0.2) is 11.5 Å². The zero-order valence-corrected chi connectivity index (χ0v) is 18.7. The van der Waals surface area contributed by atoms with Crippen LogP contribution in [0.2, 0.25) is 5.02 Å². The highest BCUT2D eigenvalue weighted by atomic mass is 35.5. The molecular weight excluding hydrogens is 437 g/mol. The van der Waals surface area contributed by atoms with Crippen LogP contribution in [0.15, 0.2) is 42.0 Å². The molecule has 0 aliphatic carbocycles. The van der Waals surface area contributed by atoms with Crippen molar-refractivity contribution in [3.63, 3.8) is 0 Å². The summed E-state index contributed by atoms with van der Waals surface area (Å²) in [5.41, 5.74) is 1.24. The molecule has 6 nitrogen and oxygen atoms in total. The average molecular weight is 460 g/mol. The first-order chi connectivity index (χ1) is 15.4. The molecule has 0 bridgehead atoms. The number of hydrogen-bond acceptors (Lipinski definition) is 5. The summed E-state index contributed by atoms with van der Waals surface area (Å²) in [6.45, 7) is 0.277. The summed E-state index contributed by atoms with van der Waals surface area (Å²) in [5, 5.41) is 0.182. The molecule has 1 fully saturated rings. The molecule has 2 aromatic carbocycles. The van der Waals surface area contributed by atoms with Crippen molar-refractivity contribution in [1.29, 1.82) is 0 Å². The predicted octanol–water partition coefficient (Wildman–Crippen LogP) is 4.75. The number of hydrogen-bond donors (Lipinski definition) is 0. The Morgan fingerprint density at radius 2 is 1.81 bits per heavy atom. The number of carbonyl (C=O) groups excluding carboxylic acids is 2. The Morgan fingerprint density at radius 3 is 2.41 bits per heavy atom. The van der Waals surface area contributed by atoms with Crippen LogP contribution in [0.5, 0.6) is 17.2 Å². The van der Waals surface area contributed by atoms with Gasteiger partial charge >= 0.3 is 0 Å². The van der Waals surface area contributed by atoms with Crippen LogP contribution in [0.25, 0.3) is 12.2 Å². The van der Waals surface area contributed by atoms with E-state index in [0.29, 0.717) is 41.2 Å². The van der Waals surface area contributed by atoms with Crippen molar-refractivity contribution in [2.45, 2.75) is 12.8 Å². The van der Waals surface area contributed by atoms with Crippen molar-refractivity contribution in [2.75, 3.05) is 27.9 Å². The second kappa shape index (κ2) is 10.3. The number of ether oxygens (including phenoxy) is 3. The Hall–Kier alpha value is -3.32. The number of benzene rings is 2. The fourth-order valence-electron chi connectivity index (χ4n) is 3.45. The number of likely N-dealkylation sites (tertiary alicyclic amines) is 1. The number of rotatable bonds is 6. The first-order valence-electron chi connectivity index (χ1n) is 9.88. The molecule has 0 N–H and O–H groups in total. The van der Waals surface area contributed by atoms with E-state index in [1.165, 1.54) is 45.6 Å². The second-order valence-electron chi connectivity index (χ2n) is 7.00. The second-order valence-corrected chi connectivity index (χ2v) is 7.40. The van der Waals surface area contributed by atoms with E-state index in [4.69, 9.17) is 25.8 Å². The minimum atomic E-state index is -0.547. The standard InChI is InChI=1S/C24H23ClFNO5/c1-30-20-13-15(14-21(31-2)23(20)32-3)12-16-6-5-11-27(24(16)29)22(28)10-9-17-18(25)7-4-8-19(17)26/h4,7-10,12-14H,5-6,11H2,1-3H3/b10-9+,16-12+. The third-order valence-electron chi connectivity index (χ3n) is 5.03. The van der Waals surface area contributed by atoms with Gasteiger partial charge in [-0.25, -0.2) is 4.39 Å². The lowest BCUT2D eigenvalue weighted by molar-refractivity contribution is -0.140. The van der Waals surface area contributed by atoms with E-state index in [-0.39, 0.29) is 17.1 Å². The van der Waals surface area contributed by atoms with Gasteiger partial charge in [-0.3, -0.25) is 14.5 Å². The molecule has 0 atom stereocenters. The Labute approximate surface area is 190 Å². The molecule has 8 heteroatoms. The molecule has 0 saturated carbocycles. The minimum absolute atomic E-state index is 0.0974.